The van der Waals surface area contributed by atoms with Crippen LogP contribution in [0.15, 0.2) is 27.4 Å². The van der Waals surface area contributed by atoms with Crippen LogP contribution in [0.25, 0.3) is 22.4 Å². The molecule has 0 unspecified atom stereocenters. The molecule has 2 aromatic heterocycles. The molecular formula is C13H12N4O3. The van der Waals surface area contributed by atoms with Gasteiger partial charge >= 0.3 is 5.76 Å². The zero-order valence-electron chi connectivity index (χ0n) is 10.7. The lowest BCUT2D eigenvalue weighted by Crippen LogP contribution is -2.02. The number of aryl methyl sites for hydroxylation is 1. The topological polar surface area (TPSA) is 107 Å². The number of carbonyl (C=O) groups is 1. The third-order valence-corrected chi connectivity index (χ3v) is 3.14. The van der Waals surface area contributed by atoms with Gasteiger partial charge in [-0.2, -0.15) is 5.10 Å². The first kappa shape index (κ1) is 12.2. The van der Waals surface area contributed by atoms with E-state index in [-0.39, 0.29) is 0 Å². The molecule has 3 aromatic rings. The van der Waals surface area contributed by atoms with Crippen molar-refractivity contribution in [2.45, 2.75) is 13.5 Å². The number of aromatic nitrogens is 3. The number of nitrogens with two attached hydrogens (primary N) is 1. The van der Waals surface area contributed by atoms with E-state index in [0.29, 0.717) is 46.6 Å². The van der Waals surface area contributed by atoms with Crippen molar-refractivity contribution in [2.75, 3.05) is 5.73 Å². The Bertz CT molecular complexity index is 856. The van der Waals surface area contributed by atoms with Crippen molar-refractivity contribution in [1.29, 1.82) is 0 Å². The molecule has 0 spiro atoms. The average Bonchev–Trinajstić information content (AvgIpc) is 2.96. The van der Waals surface area contributed by atoms with E-state index in [0.717, 1.165) is 0 Å². The van der Waals surface area contributed by atoms with Gasteiger partial charge in [-0.25, -0.2) is 9.48 Å². The van der Waals surface area contributed by atoms with Crippen LogP contribution in [0.1, 0.15) is 17.3 Å². The fourth-order valence-electron chi connectivity index (χ4n) is 2.15. The number of oxazole rings is 1. The van der Waals surface area contributed by atoms with Gasteiger partial charge in [-0.1, -0.05) is 6.07 Å². The molecule has 0 atom stereocenters. The summed E-state index contributed by atoms with van der Waals surface area (Å²) in [6.07, 6.45) is 0.682. The van der Waals surface area contributed by atoms with Crippen LogP contribution in [-0.2, 0) is 6.54 Å². The molecule has 0 radical (unpaired) electrons. The number of nitrogens with one attached hydrogen (secondary N) is 1. The summed E-state index contributed by atoms with van der Waals surface area (Å²) >= 11 is 0. The highest BCUT2D eigenvalue weighted by Gasteiger charge is 2.16. The summed E-state index contributed by atoms with van der Waals surface area (Å²) < 4.78 is 6.55. The van der Waals surface area contributed by atoms with E-state index < -0.39 is 5.76 Å². The maximum atomic E-state index is 11.2. The predicted molar refractivity (Wildman–Crippen MR) is 73.5 cm³/mol. The molecule has 102 valence electrons. The van der Waals surface area contributed by atoms with Crippen molar-refractivity contribution < 1.29 is 9.21 Å². The number of rotatable bonds is 3. The lowest BCUT2D eigenvalue weighted by Gasteiger charge is -1.97. The Morgan fingerprint density at radius 1 is 1.50 bits per heavy atom. The van der Waals surface area contributed by atoms with Gasteiger partial charge in [0.1, 0.15) is 11.5 Å². The quantitative estimate of drug-likeness (QED) is 0.701. The summed E-state index contributed by atoms with van der Waals surface area (Å²) in [5.74, 6) is -0.195. The van der Waals surface area contributed by atoms with E-state index >= 15 is 0 Å². The van der Waals surface area contributed by atoms with Crippen molar-refractivity contribution in [3.05, 3.63) is 34.3 Å². The van der Waals surface area contributed by atoms with Crippen molar-refractivity contribution in [3.63, 3.8) is 0 Å². The summed E-state index contributed by atoms with van der Waals surface area (Å²) in [5.41, 5.74) is 8.35. The number of aldehydes is 1. The Morgan fingerprint density at radius 3 is 3.00 bits per heavy atom. The number of hydrogen-bond acceptors (Lipinski definition) is 5. The number of hydrogen-bond donors (Lipinski definition) is 2. The van der Waals surface area contributed by atoms with Crippen molar-refractivity contribution in [3.8, 4) is 11.3 Å². The Morgan fingerprint density at radius 2 is 2.30 bits per heavy atom. The minimum Gasteiger partial charge on any atom is -0.408 e. The maximum absolute atomic E-state index is 11.2. The number of benzene rings is 1. The van der Waals surface area contributed by atoms with E-state index in [1.807, 2.05) is 6.92 Å². The second kappa shape index (κ2) is 4.37. The average molecular weight is 272 g/mol. The van der Waals surface area contributed by atoms with Crippen LogP contribution in [0.5, 0.6) is 0 Å². The molecule has 20 heavy (non-hydrogen) atoms. The number of H-pyrrole nitrogens is 1. The van der Waals surface area contributed by atoms with Gasteiger partial charge in [-0.3, -0.25) is 9.78 Å². The molecule has 0 aliphatic carbocycles. The van der Waals surface area contributed by atoms with E-state index in [2.05, 4.69) is 10.1 Å². The van der Waals surface area contributed by atoms with Gasteiger partial charge in [-0.15, -0.1) is 0 Å². The third-order valence-electron chi connectivity index (χ3n) is 3.14. The first-order valence-corrected chi connectivity index (χ1v) is 6.08. The van der Waals surface area contributed by atoms with E-state index in [1.54, 1.807) is 22.9 Å². The highest BCUT2D eigenvalue weighted by Crippen LogP contribution is 2.27. The Balaban J connectivity index is 2.24. The molecule has 0 amide bonds. The molecule has 1 aromatic carbocycles. The zero-order valence-corrected chi connectivity index (χ0v) is 10.7. The molecular weight excluding hydrogens is 260 g/mol. The van der Waals surface area contributed by atoms with Crippen LogP contribution in [-0.4, -0.2) is 21.1 Å². The summed E-state index contributed by atoms with van der Waals surface area (Å²) in [5, 5.41) is 4.31. The second-order valence-electron chi connectivity index (χ2n) is 4.31. The predicted octanol–water partition coefficient (Wildman–Crippen LogP) is 1.40. The van der Waals surface area contributed by atoms with Gasteiger partial charge in [0, 0.05) is 12.1 Å². The Labute approximate surface area is 113 Å². The van der Waals surface area contributed by atoms with E-state index in [1.165, 1.54) is 0 Å². The molecule has 0 aliphatic heterocycles. The number of nitrogens with zero attached hydrogens (tertiary/aromatic N) is 2. The van der Waals surface area contributed by atoms with Crippen molar-refractivity contribution in [1.82, 2.24) is 14.8 Å². The van der Waals surface area contributed by atoms with Gasteiger partial charge in [0.25, 0.3) is 0 Å². The number of carbonyl (C=O) groups excluding carboxylic acids is 1. The van der Waals surface area contributed by atoms with Crippen LogP contribution < -0.4 is 11.5 Å². The first-order chi connectivity index (χ1) is 9.63. The summed E-state index contributed by atoms with van der Waals surface area (Å²) in [6.45, 7) is 2.45. The van der Waals surface area contributed by atoms with Gasteiger partial charge in [0.15, 0.2) is 11.9 Å². The number of anilines is 1. The summed E-state index contributed by atoms with van der Waals surface area (Å²) in [7, 11) is 0. The number of aromatic amines is 1. The van der Waals surface area contributed by atoms with E-state index in [4.69, 9.17) is 10.2 Å². The molecule has 7 nitrogen and oxygen atoms in total. The molecule has 3 rings (SSSR count). The van der Waals surface area contributed by atoms with Gasteiger partial charge < -0.3 is 10.2 Å². The van der Waals surface area contributed by atoms with Crippen molar-refractivity contribution >= 4 is 23.2 Å². The van der Waals surface area contributed by atoms with Gasteiger partial charge in [-0.05, 0) is 19.1 Å². The Hall–Kier alpha value is -2.83. The lowest BCUT2D eigenvalue weighted by molar-refractivity contribution is 0.112. The third kappa shape index (κ3) is 1.71. The van der Waals surface area contributed by atoms with Gasteiger partial charge in [0.05, 0.1) is 11.1 Å². The second-order valence-corrected chi connectivity index (χ2v) is 4.31. The monoisotopic (exact) mass is 272 g/mol. The standard InChI is InChI=1S/C13H12N4O3/c1-2-17-12(14)8(6-18)11(16-17)7-3-4-9-10(5-7)20-13(19)15-9/h3-6H,2,14H2,1H3,(H,15,19). The molecule has 0 bridgehead atoms. The summed E-state index contributed by atoms with van der Waals surface area (Å²) in [4.78, 5) is 24.9. The van der Waals surface area contributed by atoms with Crippen LogP contribution >= 0.6 is 0 Å². The van der Waals surface area contributed by atoms with Crippen LogP contribution in [0.2, 0.25) is 0 Å². The van der Waals surface area contributed by atoms with Crippen LogP contribution in [0.3, 0.4) is 0 Å². The Kier molecular flexibility index (Phi) is 2.67. The number of fused-ring (bicyclic) bond motifs is 1. The largest absolute Gasteiger partial charge is 0.417 e. The van der Waals surface area contributed by atoms with Crippen molar-refractivity contribution in [2.24, 2.45) is 0 Å². The smallest absolute Gasteiger partial charge is 0.408 e. The molecule has 7 heteroatoms. The number of nitrogen functional groups attached to an aromatic ring is 1. The van der Waals surface area contributed by atoms with E-state index in [9.17, 15) is 9.59 Å². The molecule has 0 aliphatic rings. The van der Waals surface area contributed by atoms with Crippen LogP contribution in [0.4, 0.5) is 5.82 Å². The normalized spacial score (nSPS) is 11.1. The fraction of sp³-hybridized carbons (Fsp3) is 0.154. The van der Waals surface area contributed by atoms with Crippen LogP contribution in [0, 0.1) is 0 Å². The molecule has 0 saturated heterocycles. The highest BCUT2D eigenvalue weighted by atomic mass is 16.4. The fourth-order valence-corrected chi connectivity index (χ4v) is 2.15. The zero-order chi connectivity index (χ0) is 14.3. The molecule has 0 saturated carbocycles. The minimum atomic E-state index is -0.522. The van der Waals surface area contributed by atoms with Gasteiger partial charge in [0.2, 0.25) is 0 Å². The maximum Gasteiger partial charge on any atom is 0.417 e. The SMILES string of the molecule is CCn1nc(-c2ccc3[nH]c(=O)oc3c2)c(C=O)c1N. The minimum absolute atomic E-state index is 0.327. The first-order valence-electron chi connectivity index (χ1n) is 6.08. The molecule has 3 N–H and O–H groups in total. The summed E-state index contributed by atoms with van der Waals surface area (Å²) in [6, 6.07) is 5.11. The lowest BCUT2D eigenvalue weighted by atomic mass is 10.1. The molecule has 2 heterocycles. The highest BCUT2D eigenvalue weighted by molar-refractivity contribution is 5.93. The molecule has 0 fully saturated rings.